The lowest BCUT2D eigenvalue weighted by molar-refractivity contribution is -0.130. The highest BCUT2D eigenvalue weighted by Gasteiger charge is 2.27. The van der Waals surface area contributed by atoms with Crippen LogP contribution < -0.4 is 4.90 Å². The summed E-state index contributed by atoms with van der Waals surface area (Å²) < 4.78 is 4.95. The molecule has 2 fully saturated rings. The van der Waals surface area contributed by atoms with Crippen molar-refractivity contribution < 1.29 is 14.3 Å². The van der Waals surface area contributed by atoms with Gasteiger partial charge in [-0.25, -0.2) is 9.78 Å². The predicted octanol–water partition coefficient (Wildman–Crippen LogP) is 1.76. The number of hydrogen-bond donors (Lipinski definition) is 0. The average molecular weight is 289 g/mol. The maximum Gasteiger partial charge on any atom is 0.415 e. The van der Waals surface area contributed by atoms with Crippen LogP contribution in [-0.4, -0.2) is 48.1 Å². The van der Waals surface area contributed by atoms with Crippen LogP contribution >= 0.6 is 0 Å². The molecule has 1 atom stereocenters. The Labute approximate surface area is 123 Å². The summed E-state index contributed by atoms with van der Waals surface area (Å²) >= 11 is 0. The van der Waals surface area contributed by atoms with Crippen LogP contribution in [0.1, 0.15) is 31.4 Å². The molecule has 1 aromatic rings. The van der Waals surface area contributed by atoms with Gasteiger partial charge in [-0.1, -0.05) is 6.07 Å². The van der Waals surface area contributed by atoms with Crippen LogP contribution in [-0.2, 0) is 9.53 Å². The SMILES string of the molecule is CC(=O)N1CCC[C@@H](c2cccc(N3CCOC3=O)n2)C1. The second-order valence-electron chi connectivity index (χ2n) is 5.49. The molecule has 0 bridgehead atoms. The lowest BCUT2D eigenvalue weighted by atomic mass is 9.94. The number of aromatic nitrogens is 1. The number of ether oxygens (including phenoxy) is 1. The molecule has 112 valence electrons. The molecule has 0 N–H and O–H groups in total. The fourth-order valence-corrected chi connectivity index (χ4v) is 2.92. The highest BCUT2D eigenvalue weighted by atomic mass is 16.6. The standard InChI is InChI=1S/C15H19N3O3/c1-11(19)17-7-3-4-12(10-17)13-5-2-6-14(16-13)18-8-9-21-15(18)20/h2,5-6,12H,3-4,7-10H2,1H3/t12-/m1/s1. The number of pyridine rings is 1. The van der Waals surface area contributed by atoms with E-state index in [0.29, 0.717) is 25.5 Å². The molecular weight excluding hydrogens is 270 g/mol. The van der Waals surface area contributed by atoms with Gasteiger partial charge in [0.2, 0.25) is 5.91 Å². The minimum absolute atomic E-state index is 0.110. The number of rotatable bonds is 2. The zero-order chi connectivity index (χ0) is 14.8. The Bertz CT molecular complexity index is 561. The van der Waals surface area contributed by atoms with Gasteiger partial charge in [-0.2, -0.15) is 0 Å². The van der Waals surface area contributed by atoms with Crippen molar-refractivity contribution in [2.75, 3.05) is 31.1 Å². The Morgan fingerprint density at radius 3 is 2.95 bits per heavy atom. The Morgan fingerprint density at radius 2 is 2.24 bits per heavy atom. The fraction of sp³-hybridized carbons (Fsp3) is 0.533. The molecule has 0 aromatic carbocycles. The molecule has 0 saturated carbocycles. The topological polar surface area (TPSA) is 62.7 Å². The Balaban J connectivity index is 1.79. The average Bonchev–Trinajstić information content (AvgIpc) is 2.94. The number of hydrogen-bond acceptors (Lipinski definition) is 4. The zero-order valence-corrected chi connectivity index (χ0v) is 12.1. The summed E-state index contributed by atoms with van der Waals surface area (Å²) in [6, 6.07) is 5.71. The van der Waals surface area contributed by atoms with E-state index in [9.17, 15) is 9.59 Å². The molecule has 0 radical (unpaired) electrons. The Hall–Kier alpha value is -2.11. The number of amides is 2. The number of carbonyl (C=O) groups excluding carboxylic acids is 2. The minimum Gasteiger partial charge on any atom is -0.447 e. The first-order chi connectivity index (χ1) is 10.1. The monoisotopic (exact) mass is 289 g/mol. The number of nitrogens with zero attached hydrogens (tertiary/aromatic N) is 3. The van der Waals surface area contributed by atoms with Crippen molar-refractivity contribution in [2.24, 2.45) is 0 Å². The summed E-state index contributed by atoms with van der Waals surface area (Å²) in [4.78, 5) is 31.2. The molecule has 2 saturated heterocycles. The second kappa shape index (κ2) is 5.71. The molecular formula is C15H19N3O3. The molecule has 2 amide bonds. The fourth-order valence-electron chi connectivity index (χ4n) is 2.92. The van der Waals surface area contributed by atoms with E-state index in [1.165, 1.54) is 0 Å². The van der Waals surface area contributed by atoms with Gasteiger partial charge < -0.3 is 9.64 Å². The molecule has 6 heteroatoms. The van der Waals surface area contributed by atoms with E-state index in [-0.39, 0.29) is 17.9 Å². The highest BCUT2D eigenvalue weighted by Crippen LogP contribution is 2.27. The molecule has 2 aliphatic rings. The van der Waals surface area contributed by atoms with Gasteiger partial charge in [0.25, 0.3) is 0 Å². The van der Waals surface area contributed by atoms with Gasteiger partial charge in [0.1, 0.15) is 12.4 Å². The first-order valence-corrected chi connectivity index (χ1v) is 7.32. The van der Waals surface area contributed by atoms with Crippen molar-refractivity contribution in [1.82, 2.24) is 9.88 Å². The van der Waals surface area contributed by atoms with Crippen molar-refractivity contribution in [3.05, 3.63) is 23.9 Å². The van der Waals surface area contributed by atoms with E-state index in [1.54, 1.807) is 11.8 Å². The van der Waals surface area contributed by atoms with Crippen molar-refractivity contribution in [3.63, 3.8) is 0 Å². The highest BCUT2D eigenvalue weighted by molar-refractivity contribution is 5.88. The Morgan fingerprint density at radius 1 is 1.38 bits per heavy atom. The summed E-state index contributed by atoms with van der Waals surface area (Å²) in [6.45, 7) is 4.08. The molecule has 2 aliphatic heterocycles. The van der Waals surface area contributed by atoms with Crippen LogP contribution in [0.25, 0.3) is 0 Å². The van der Waals surface area contributed by atoms with Crippen LogP contribution in [0.2, 0.25) is 0 Å². The van der Waals surface area contributed by atoms with E-state index in [1.807, 2.05) is 23.1 Å². The largest absolute Gasteiger partial charge is 0.447 e. The van der Waals surface area contributed by atoms with E-state index in [4.69, 9.17) is 4.74 Å². The van der Waals surface area contributed by atoms with Crippen molar-refractivity contribution in [3.8, 4) is 0 Å². The van der Waals surface area contributed by atoms with E-state index < -0.39 is 0 Å². The van der Waals surface area contributed by atoms with Gasteiger partial charge in [0.05, 0.1) is 6.54 Å². The molecule has 0 aliphatic carbocycles. The number of cyclic esters (lactones) is 1. The normalized spacial score (nSPS) is 22.3. The van der Waals surface area contributed by atoms with Crippen molar-refractivity contribution in [2.45, 2.75) is 25.7 Å². The van der Waals surface area contributed by atoms with Crippen molar-refractivity contribution >= 4 is 17.8 Å². The van der Waals surface area contributed by atoms with E-state index in [2.05, 4.69) is 4.98 Å². The molecule has 1 aromatic heterocycles. The van der Waals surface area contributed by atoms with Gasteiger partial charge in [-0.3, -0.25) is 9.69 Å². The van der Waals surface area contributed by atoms with Gasteiger partial charge >= 0.3 is 6.09 Å². The van der Waals surface area contributed by atoms with E-state index >= 15 is 0 Å². The number of likely N-dealkylation sites (tertiary alicyclic amines) is 1. The lowest BCUT2D eigenvalue weighted by Gasteiger charge is -2.32. The van der Waals surface area contributed by atoms with Crippen molar-refractivity contribution in [1.29, 1.82) is 0 Å². The summed E-state index contributed by atoms with van der Waals surface area (Å²) in [5.41, 5.74) is 0.943. The maximum atomic E-state index is 11.6. The lowest BCUT2D eigenvalue weighted by Crippen LogP contribution is -2.38. The number of carbonyl (C=O) groups is 2. The first kappa shape index (κ1) is 13.9. The zero-order valence-electron chi connectivity index (χ0n) is 12.1. The molecule has 6 nitrogen and oxygen atoms in total. The molecule has 21 heavy (non-hydrogen) atoms. The summed E-state index contributed by atoms with van der Waals surface area (Å²) in [5, 5.41) is 0. The van der Waals surface area contributed by atoms with Crippen LogP contribution in [0.4, 0.5) is 10.6 Å². The van der Waals surface area contributed by atoms with Crippen LogP contribution in [0.15, 0.2) is 18.2 Å². The minimum atomic E-state index is -0.339. The van der Waals surface area contributed by atoms with E-state index in [0.717, 1.165) is 25.1 Å². The third-order valence-corrected chi connectivity index (χ3v) is 4.08. The predicted molar refractivity (Wildman–Crippen MR) is 77.2 cm³/mol. The van der Waals surface area contributed by atoms with Gasteiger partial charge in [0, 0.05) is 31.6 Å². The van der Waals surface area contributed by atoms with Crippen LogP contribution in [0, 0.1) is 0 Å². The molecule has 3 rings (SSSR count). The summed E-state index contributed by atoms with van der Waals surface area (Å²) in [7, 11) is 0. The number of piperidine rings is 1. The smallest absolute Gasteiger partial charge is 0.415 e. The first-order valence-electron chi connectivity index (χ1n) is 7.32. The van der Waals surface area contributed by atoms with Gasteiger partial charge in [-0.15, -0.1) is 0 Å². The summed E-state index contributed by atoms with van der Waals surface area (Å²) in [6.07, 6.45) is 1.67. The third-order valence-electron chi connectivity index (χ3n) is 4.08. The Kier molecular flexibility index (Phi) is 3.77. The van der Waals surface area contributed by atoms with Gasteiger partial charge in [-0.05, 0) is 25.0 Å². The second-order valence-corrected chi connectivity index (χ2v) is 5.49. The maximum absolute atomic E-state index is 11.6. The molecule has 0 spiro atoms. The third kappa shape index (κ3) is 2.84. The van der Waals surface area contributed by atoms with Gasteiger partial charge in [0.15, 0.2) is 0 Å². The van der Waals surface area contributed by atoms with Crippen LogP contribution in [0.5, 0.6) is 0 Å². The quantitative estimate of drug-likeness (QED) is 0.832. The summed E-state index contributed by atoms with van der Waals surface area (Å²) in [5.74, 6) is 0.982. The van der Waals surface area contributed by atoms with Crippen LogP contribution in [0.3, 0.4) is 0 Å². The number of anilines is 1. The molecule has 3 heterocycles. The molecule has 0 unspecified atom stereocenters.